The molecule has 0 spiro atoms. The Labute approximate surface area is 130 Å². The number of nitrogens with one attached hydrogen (secondary N) is 1. The van der Waals surface area contributed by atoms with Crippen LogP contribution in [-0.4, -0.2) is 58.9 Å². The molecule has 7 heteroatoms. The number of nitrogens with zero attached hydrogens (tertiary/aromatic N) is 1. The highest BCUT2D eigenvalue weighted by atomic mass is 32.2. The van der Waals surface area contributed by atoms with Gasteiger partial charge in [0.25, 0.3) is 0 Å². The number of carboxylic acid groups (broad SMARTS) is 1. The zero-order valence-corrected chi connectivity index (χ0v) is 14.0. The van der Waals surface area contributed by atoms with E-state index < -0.39 is 12.0 Å². The highest BCUT2D eigenvalue weighted by Crippen LogP contribution is 2.34. The fourth-order valence-corrected chi connectivity index (χ4v) is 3.96. The number of carbonyl (C=O) groups is 2. The lowest BCUT2D eigenvalue weighted by Crippen LogP contribution is -2.54. The van der Waals surface area contributed by atoms with Crippen molar-refractivity contribution in [2.75, 3.05) is 19.5 Å². The van der Waals surface area contributed by atoms with Gasteiger partial charge >= 0.3 is 12.0 Å². The van der Waals surface area contributed by atoms with E-state index >= 15 is 0 Å². The maximum atomic E-state index is 12.5. The average molecular weight is 318 g/mol. The zero-order chi connectivity index (χ0) is 16.0. The molecule has 0 radical (unpaired) electrons. The molecule has 0 aromatic carbocycles. The molecule has 1 heterocycles. The molecule has 1 saturated heterocycles. The molecule has 21 heavy (non-hydrogen) atoms. The van der Waals surface area contributed by atoms with Crippen LogP contribution in [0.1, 0.15) is 33.6 Å². The lowest BCUT2D eigenvalue weighted by Gasteiger charge is -2.31. The molecule has 0 aliphatic carbocycles. The number of hydrogen-bond acceptors (Lipinski definition) is 4. The van der Waals surface area contributed by atoms with Gasteiger partial charge < -0.3 is 15.2 Å². The maximum absolute atomic E-state index is 12.5. The standard InChI is InChI=1S/C14H26N2O4S/c1-5-6-10(7-20-4)15-14(19)16-11(13(17)18)8-21-12(16)9(2)3/h9-12H,5-8H2,1-4H3,(H,15,19)(H,17,18). The Morgan fingerprint density at radius 1 is 1.48 bits per heavy atom. The van der Waals surface area contributed by atoms with E-state index in [1.165, 1.54) is 16.7 Å². The predicted molar refractivity (Wildman–Crippen MR) is 83.5 cm³/mol. The molecule has 0 bridgehead atoms. The number of rotatable bonds is 7. The van der Waals surface area contributed by atoms with E-state index in [-0.39, 0.29) is 23.4 Å². The van der Waals surface area contributed by atoms with Gasteiger partial charge in [0.15, 0.2) is 0 Å². The Morgan fingerprint density at radius 3 is 2.62 bits per heavy atom. The fourth-order valence-electron chi connectivity index (χ4n) is 2.48. The Bertz CT molecular complexity index is 359. The average Bonchev–Trinajstić information content (AvgIpc) is 2.84. The number of ether oxygens (including phenoxy) is 1. The van der Waals surface area contributed by atoms with Crippen LogP contribution in [0.3, 0.4) is 0 Å². The lowest BCUT2D eigenvalue weighted by atomic mass is 10.1. The van der Waals surface area contributed by atoms with Crippen molar-refractivity contribution in [3.05, 3.63) is 0 Å². The number of aliphatic carboxylic acids is 1. The SMILES string of the molecule is CCCC(COC)NC(=O)N1C(C(=O)O)CSC1C(C)C. The molecule has 1 fully saturated rings. The summed E-state index contributed by atoms with van der Waals surface area (Å²) < 4.78 is 5.11. The van der Waals surface area contributed by atoms with Gasteiger partial charge in [-0.2, -0.15) is 0 Å². The minimum absolute atomic E-state index is 0.0830. The monoisotopic (exact) mass is 318 g/mol. The van der Waals surface area contributed by atoms with E-state index in [4.69, 9.17) is 4.74 Å². The van der Waals surface area contributed by atoms with Crippen LogP contribution in [0, 0.1) is 5.92 Å². The summed E-state index contributed by atoms with van der Waals surface area (Å²) in [6, 6.07) is -1.14. The third-order valence-corrected chi connectivity index (χ3v) is 5.08. The molecule has 0 saturated carbocycles. The molecule has 2 N–H and O–H groups in total. The largest absolute Gasteiger partial charge is 0.480 e. The van der Waals surface area contributed by atoms with Crippen LogP contribution >= 0.6 is 11.8 Å². The Morgan fingerprint density at radius 2 is 2.14 bits per heavy atom. The van der Waals surface area contributed by atoms with E-state index in [1.54, 1.807) is 7.11 Å². The molecule has 6 nitrogen and oxygen atoms in total. The molecule has 0 aromatic rings. The summed E-state index contributed by atoms with van der Waals surface area (Å²) >= 11 is 1.53. The number of methoxy groups -OCH3 is 1. The third-order valence-electron chi connectivity index (χ3n) is 3.46. The van der Waals surface area contributed by atoms with Crippen molar-refractivity contribution in [2.24, 2.45) is 5.92 Å². The number of hydrogen-bond donors (Lipinski definition) is 2. The second-order valence-corrected chi connectivity index (χ2v) is 6.77. The van der Waals surface area contributed by atoms with Gasteiger partial charge in [0.2, 0.25) is 0 Å². The van der Waals surface area contributed by atoms with E-state index in [2.05, 4.69) is 5.32 Å². The number of carboxylic acids is 1. The van der Waals surface area contributed by atoms with Crippen LogP contribution in [0.2, 0.25) is 0 Å². The van der Waals surface area contributed by atoms with Gasteiger partial charge in [-0.05, 0) is 12.3 Å². The van der Waals surface area contributed by atoms with Gasteiger partial charge in [-0.25, -0.2) is 9.59 Å². The number of urea groups is 1. The second-order valence-electron chi connectivity index (χ2n) is 5.62. The summed E-state index contributed by atoms with van der Waals surface area (Å²) in [6.45, 7) is 6.48. The molecule has 1 rings (SSSR count). The lowest BCUT2D eigenvalue weighted by molar-refractivity contribution is -0.141. The quantitative estimate of drug-likeness (QED) is 0.750. The summed E-state index contributed by atoms with van der Waals surface area (Å²) in [5, 5.41) is 12.1. The third kappa shape index (κ3) is 4.78. The Balaban J connectivity index is 2.80. The highest BCUT2D eigenvalue weighted by molar-refractivity contribution is 8.00. The molecule has 122 valence electrons. The van der Waals surface area contributed by atoms with Gasteiger partial charge in [-0.15, -0.1) is 11.8 Å². The molecule has 3 unspecified atom stereocenters. The first-order valence-electron chi connectivity index (χ1n) is 7.34. The minimum Gasteiger partial charge on any atom is -0.480 e. The molecule has 2 amide bonds. The highest BCUT2D eigenvalue weighted by Gasteiger charge is 2.43. The minimum atomic E-state index is -0.945. The number of amides is 2. The number of thioether (sulfide) groups is 1. The van der Waals surface area contributed by atoms with Crippen molar-refractivity contribution in [3.8, 4) is 0 Å². The van der Waals surface area contributed by atoms with Gasteiger partial charge in [-0.1, -0.05) is 27.2 Å². The topological polar surface area (TPSA) is 78.9 Å². The van der Waals surface area contributed by atoms with Crippen molar-refractivity contribution < 1.29 is 19.4 Å². The van der Waals surface area contributed by atoms with Crippen molar-refractivity contribution in [1.29, 1.82) is 0 Å². The summed E-state index contributed by atoms with van der Waals surface area (Å²) in [7, 11) is 1.59. The second kappa shape index (κ2) is 8.48. The molecule has 0 aromatic heterocycles. The molecule has 1 aliphatic heterocycles. The first kappa shape index (κ1) is 18.1. The van der Waals surface area contributed by atoms with Crippen LogP contribution < -0.4 is 5.32 Å². The molecular weight excluding hydrogens is 292 g/mol. The van der Waals surface area contributed by atoms with Gasteiger partial charge in [0, 0.05) is 12.9 Å². The first-order valence-corrected chi connectivity index (χ1v) is 8.39. The predicted octanol–water partition coefficient (Wildman–Crippen LogP) is 2.00. The van der Waals surface area contributed by atoms with E-state index in [0.717, 1.165) is 12.8 Å². The smallest absolute Gasteiger partial charge is 0.327 e. The normalized spacial score (nSPS) is 23.4. The Hall–Kier alpha value is -0.950. The molecule has 3 atom stereocenters. The number of carbonyl (C=O) groups excluding carboxylic acids is 1. The van der Waals surface area contributed by atoms with Crippen LogP contribution in [0.4, 0.5) is 4.79 Å². The summed E-state index contributed by atoms with van der Waals surface area (Å²) in [5.41, 5.74) is 0. The summed E-state index contributed by atoms with van der Waals surface area (Å²) in [5.74, 6) is -0.300. The Kier molecular flexibility index (Phi) is 7.31. The maximum Gasteiger partial charge on any atom is 0.327 e. The van der Waals surface area contributed by atoms with Crippen molar-refractivity contribution in [2.45, 2.75) is 51.1 Å². The molecule has 1 aliphatic rings. The van der Waals surface area contributed by atoms with Crippen molar-refractivity contribution in [3.63, 3.8) is 0 Å². The van der Waals surface area contributed by atoms with E-state index in [1.807, 2.05) is 20.8 Å². The van der Waals surface area contributed by atoms with Crippen LogP contribution in [0.25, 0.3) is 0 Å². The zero-order valence-electron chi connectivity index (χ0n) is 13.2. The first-order chi connectivity index (χ1) is 9.92. The van der Waals surface area contributed by atoms with Gasteiger partial charge in [0.05, 0.1) is 18.0 Å². The van der Waals surface area contributed by atoms with Crippen molar-refractivity contribution in [1.82, 2.24) is 10.2 Å². The van der Waals surface area contributed by atoms with Crippen molar-refractivity contribution >= 4 is 23.8 Å². The van der Waals surface area contributed by atoms with Crippen LogP contribution in [-0.2, 0) is 9.53 Å². The van der Waals surface area contributed by atoms with E-state index in [0.29, 0.717) is 12.4 Å². The van der Waals surface area contributed by atoms with Gasteiger partial charge in [-0.3, -0.25) is 4.90 Å². The summed E-state index contributed by atoms with van der Waals surface area (Å²) in [4.78, 5) is 25.4. The summed E-state index contributed by atoms with van der Waals surface area (Å²) in [6.07, 6.45) is 1.74. The van der Waals surface area contributed by atoms with E-state index in [9.17, 15) is 14.7 Å². The van der Waals surface area contributed by atoms with Crippen LogP contribution in [0.15, 0.2) is 0 Å². The fraction of sp³-hybridized carbons (Fsp3) is 0.857. The van der Waals surface area contributed by atoms with Crippen LogP contribution in [0.5, 0.6) is 0 Å². The van der Waals surface area contributed by atoms with Gasteiger partial charge in [0.1, 0.15) is 6.04 Å². The molecular formula is C14H26N2O4S.